The van der Waals surface area contributed by atoms with Gasteiger partial charge in [0.15, 0.2) is 0 Å². The molecule has 0 bridgehead atoms. The van der Waals surface area contributed by atoms with Gasteiger partial charge in [0.25, 0.3) is 0 Å². The van der Waals surface area contributed by atoms with Gasteiger partial charge in [-0.3, -0.25) is 4.79 Å². The lowest BCUT2D eigenvalue weighted by molar-refractivity contribution is -0.120. The lowest BCUT2D eigenvalue weighted by Gasteiger charge is -2.27. The summed E-state index contributed by atoms with van der Waals surface area (Å²) in [6, 6.07) is 7.09. The summed E-state index contributed by atoms with van der Waals surface area (Å²) in [7, 11) is 0. The first-order valence-corrected chi connectivity index (χ1v) is 7.17. The highest BCUT2D eigenvalue weighted by Crippen LogP contribution is 2.27. The molecule has 1 aromatic carbocycles. The fraction of sp³-hybridized carbons (Fsp3) is 0.214. The van der Waals surface area contributed by atoms with Crippen molar-refractivity contribution >= 4 is 34.9 Å². The van der Waals surface area contributed by atoms with E-state index in [4.69, 9.17) is 23.2 Å². The van der Waals surface area contributed by atoms with Crippen LogP contribution in [0.5, 0.6) is 0 Å². The summed E-state index contributed by atoms with van der Waals surface area (Å²) in [5.41, 5.74) is 1.54. The van der Waals surface area contributed by atoms with E-state index in [2.05, 4.69) is 15.3 Å². The number of nitrogens with one attached hydrogen (secondary N) is 1. The second-order valence-electron chi connectivity index (χ2n) is 4.69. The Hall–Kier alpha value is -1.85. The summed E-state index contributed by atoms with van der Waals surface area (Å²) in [6.07, 6.45) is 1.48. The number of carbonyl (C=O) groups excluding carboxylic acids is 1. The fourth-order valence-electron chi connectivity index (χ4n) is 2.21. The van der Waals surface area contributed by atoms with Gasteiger partial charge >= 0.3 is 0 Å². The third kappa shape index (κ3) is 3.25. The molecule has 2 aromatic rings. The molecule has 2 heterocycles. The highest BCUT2D eigenvalue weighted by atomic mass is 35.5. The van der Waals surface area contributed by atoms with E-state index in [0.29, 0.717) is 29.0 Å². The van der Waals surface area contributed by atoms with E-state index >= 15 is 0 Å². The largest absolute Gasteiger partial charge is 0.353 e. The molecule has 1 saturated heterocycles. The number of nitrogens with zero attached hydrogens (tertiary/aromatic N) is 3. The quantitative estimate of drug-likeness (QED) is 0.922. The van der Waals surface area contributed by atoms with Crippen molar-refractivity contribution in [1.82, 2.24) is 15.3 Å². The summed E-state index contributed by atoms with van der Waals surface area (Å²) in [6.45, 7) is 1.63. The Labute approximate surface area is 131 Å². The van der Waals surface area contributed by atoms with Crippen LogP contribution < -0.4 is 10.2 Å². The van der Waals surface area contributed by atoms with Crippen LogP contribution in [0, 0.1) is 0 Å². The number of benzene rings is 1. The van der Waals surface area contributed by atoms with E-state index in [1.54, 1.807) is 18.2 Å². The number of rotatable bonds is 2. The van der Waals surface area contributed by atoms with Gasteiger partial charge in [-0.05, 0) is 18.2 Å². The minimum atomic E-state index is -0.00721. The molecule has 3 rings (SSSR count). The van der Waals surface area contributed by atoms with Crippen LogP contribution in [-0.2, 0) is 4.79 Å². The maximum absolute atomic E-state index is 11.5. The number of carbonyl (C=O) groups is 1. The van der Waals surface area contributed by atoms with Gasteiger partial charge in [-0.2, -0.15) is 0 Å². The molecule has 1 amide bonds. The summed E-state index contributed by atoms with van der Waals surface area (Å²) in [5, 5.41) is 3.89. The monoisotopic (exact) mass is 322 g/mol. The van der Waals surface area contributed by atoms with Gasteiger partial charge in [0.2, 0.25) is 5.91 Å². The Balaban J connectivity index is 1.94. The molecule has 1 N–H and O–H groups in total. The Morgan fingerprint density at radius 1 is 1.10 bits per heavy atom. The van der Waals surface area contributed by atoms with Crippen molar-refractivity contribution in [3.8, 4) is 11.3 Å². The third-order valence-corrected chi connectivity index (χ3v) is 3.61. The minimum Gasteiger partial charge on any atom is -0.353 e. The van der Waals surface area contributed by atoms with E-state index in [1.165, 1.54) is 6.33 Å². The van der Waals surface area contributed by atoms with Gasteiger partial charge in [-0.25, -0.2) is 9.97 Å². The Kier molecular flexibility index (Phi) is 3.94. The Morgan fingerprint density at radius 2 is 1.86 bits per heavy atom. The number of amides is 1. The van der Waals surface area contributed by atoms with E-state index in [-0.39, 0.29) is 5.91 Å². The van der Waals surface area contributed by atoms with Gasteiger partial charge < -0.3 is 10.2 Å². The van der Waals surface area contributed by atoms with Crippen LogP contribution >= 0.6 is 23.2 Å². The van der Waals surface area contributed by atoms with Crippen LogP contribution in [0.15, 0.2) is 30.6 Å². The molecule has 21 heavy (non-hydrogen) atoms. The van der Waals surface area contributed by atoms with Crippen molar-refractivity contribution in [2.24, 2.45) is 0 Å². The van der Waals surface area contributed by atoms with Crippen LogP contribution in [0.25, 0.3) is 11.3 Å². The zero-order chi connectivity index (χ0) is 14.8. The molecule has 0 unspecified atom stereocenters. The standard InChI is InChI=1S/C14H12Cl2N4O/c15-10-3-9(4-11(16)5-10)12-6-13(19-8-18-12)20-2-1-17-14(21)7-20/h3-6,8H,1-2,7H2,(H,17,21). The topological polar surface area (TPSA) is 58.1 Å². The second kappa shape index (κ2) is 5.87. The Bertz CT molecular complexity index is 672. The molecule has 0 radical (unpaired) electrons. The average Bonchev–Trinajstić information content (AvgIpc) is 2.46. The van der Waals surface area contributed by atoms with E-state index in [1.807, 2.05) is 11.0 Å². The highest BCUT2D eigenvalue weighted by Gasteiger charge is 2.18. The van der Waals surface area contributed by atoms with Crippen LogP contribution in [0.2, 0.25) is 10.0 Å². The molecule has 1 aromatic heterocycles. The molecule has 0 aliphatic carbocycles. The minimum absolute atomic E-state index is 0.00721. The SMILES string of the molecule is O=C1CN(c2cc(-c3cc(Cl)cc(Cl)c3)ncn2)CCN1. The first-order valence-electron chi connectivity index (χ1n) is 6.42. The molecule has 7 heteroatoms. The number of aromatic nitrogens is 2. The van der Waals surface area contributed by atoms with E-state index in [9.17, 15) is 4.79 Å². The zero-order valence-electron chi connectivity index (χ0n) is 11.0. The first-order chi connectivity index (χ1) is 10.1. The van der Waals surface area contributed by atoms with Crippen molar-refractivity contribution in [1.29, 1.82) is 0 Å². The molecule has 0 saturated carbocycles. The lowest BCUT2D eigenvalue weighted by Crippen LogP contribution is -2.48. The maximum atomic E-state index is 11.5. The number of piperazine rings is 1. The summed E-state index contributed by atoms with van der Waals surface area (Å²) < 4.78 is 0. The van der Waals surface area contributed by atoms with Crippen LogP contribution in [0.3, 0.4) is 0 Å². The van der Waals surface area contributed by atoms with Gasteiger partial charge in [-0.1, -0.05) is 23.2 Å². The van der Waals surface area contributed by atoms with Gasteiger partial charge in [0.05, 0.1) is 12.2 Å². The summed E-state index contributed by atoms with van der Waals surface area (Å²) in [4.78, 5) is 21.9. The summed E-state index contributed by atoms with van der Waals surface area (Å²) in [5.74, 6) is 0.707. The molecule has 1 aliphatic rings. The van der Waals surface area contributed by atoms with Crippen molar-refractivity contribution < 1.29 is 4.79 Å². The first kappa shape index (κ1) is 14.1. The van der Waals surface area contributed by atoms with Gasteiger partial charge in [0.1, 0.15) is 12.1 Å². The number of anilines is 1. The van der Waals surface area contributed by atoms with Crippen LogP contribution in [0.4, 0.5) is 5.82 Å². The number of hydrogen-bond donors (Lipinski definition) is 1. The van der Waals surface area contributed by atoms with Crippen molar-refractivity contribution in [3.05, 3.63) is 40.6 Å². The fourth-order valence-corrected chi connectivity index (χ4v) is 2.74. The number of halogens is 2. The normalized spacial score (nSPS) is 15.0. The molecule has 5 nitrogen and oxygen atoms in total. The molecule has 1 aliphatic heterocycles. The summed E-state index contributed by atoms with van der Waals surface area (Å²) >= 11 is 12.0. The third-order valence-electron chi connectivity index (χ3n) is 3.17. The van der Waals surface area contributed by atoms with Gasteiger partial charge in [0, 0.05) is 34.8 Å². The lowest BCUT2D eigenvalue weighted by atomic mass is 10.1. The van der Waals surface area contributed by atoms with Gasteiger partial charge in [-0.15, -0.1) is 0 Å². The molecule has 0 atom stereocenters. The smallest absolute Gasteiger partial charge is 0.239 e. The molecule has 108 valence electrons. The van der Waals surface area contributed by atoms with Crippen molar-refractivity contribution in [3.63, 3.8) is 0 Å². The predicted octanol–water partition coefficient (Wildman–Crippen LogP) is 2.39. The van der Waals surface area contributed by atoms with Crippen LogP contribution in [0.1, 0.15) is 0 Å². The van der Waals surface area contributed by atoms with E-state index in [0.717, 1.165) is 17.8 Å². The maximum Gasteiger partial charge on any atom is 0.239 e. The van der Waals surface area contributed by atoms with Crippen molar-refractivity contribution in [2.45, 2.75) is 0 Å². The van der Waals surface area contributed by atoms with Crippen molar-refractivity contribution in [2.75, 3.05) is 24.5 Å². The molecular weight excluding hydrogens is 311 g/mol. The molecule has 1 fully saturated rings. The number of hydrogen-bond acceptors (Lipinski definition) is 4. The van der Waals surface area contributed by atoms with Crippen LogP contribution in [-0.4, -0.2) is 35.5 Å². The molecular formula is C14H12Cl2N4O. The van der Waals surface area contributed by atoms with E-state index < -0.39 is 0 Å². The zero-order valence-corrected chi connectivity index (χ0v) is 12.5. The second-order valence-corrected chi connectivity index (χ2v) is 5.56. The molecule has 0 spiro atoms. The highest BCUT2D eigenvalue weighted by molar-refractivity contribution is 6.35. The average molecular weight is 323 g/mol. The predicted molar refractivity (Wildman–Crippen MR) is 82.7 cm³/mol. The Morgan fingerprint density at radius 3 is 2.57 bits per heavy atom.